The van der Waals surface area contributed by atoms with Gasteiger partial charge < -0.3 is 4.42 Å². The van der Waals surface area contributed by atoms with E-state index in [9.17, 15) is 13.2 Å². The van der Waals surface area contributed by atoms with Gasteiger partial charge >= 0.3 is 6.18 Å². The maximum Gasteiger partial charge on any atom is 0.416 e. The van der Waals surface area contributed by atoms with Crippen molar-refractivity contribution < 1.29 is 17.6 Å². The van der Waals surface area contributed by atoms with Crippen LogP contribution in [0.25, 0.3) is 34.1 Å². The molecular weight excluding hydrogens is 404 g/mol. The van der Waals surface area contributed by atoms with Crippen molar-refractivity contribution in [2.75, 3.05) is 0 Å². The molecule has 10 heteroatoms. The van der Waals surface area contributed by atoms with Crippen molar-refractivity contribution in [1.82, 2.24) is 20.2 Å². The second kappa shape index (κ2) is 6.47. The minimum absolute atomic E-state index is 0.000696. The molecule has 0 aliphatic rings. The summed E-state index contributed by atoms with van der Waals surface area (Å²) in [7, 11) is 0. The number of aromatic nitrogens is 4. The molecule has 2 aromatic heterocycles. The maximum absolute atomic E-state index is 12.8. The Morgan fingerprint density at radius 3 is 2.22 bits per heavy atom. The van der Waals surface area contributed by atoms with Gasteiger partial charge in [-0.2, -0.15) is 13.2 Å². The molecule has 2 aromatic carbocycles. The summed E-state index contributed by atoms with van der Waals surface area (Å²) < 4.78 is 44.1. The van der Waals surface area contributed by atoms with E-state index in [4.69, 9.17) is 27.6 Å². The van der Waals surface area contributed by atoms with Gasteiger partial charge in [-0.15, -0.1) is 10.2 Å². The second-order valence-electron chi connectivity index (χ2n) is 5.48. The topological polar surface area (TPSA) is 64.7 Å². The second-order valence-corrected chi connectivity index (χ2v) is 6.28. The lowest BCUT2D eigenvalue weighted by atomic mass is 10.2. The maximum atomic E-state index is 12.8. The van der Waals surface area contributed by atoms with Crippen LogP contribution in [0, 0.1) is 0 Å². The third-order valence-corrected chi connectivity index (χ3v) is 4.18. The number of halogens is 5. The normalized spacial score (nSPS) is 11.9. The predicted octanol–water partition coefficient (Wildman–Crippen LogP) is 5.67. The van der Waals surface area contributed by atoms with Crippen molar-refractivity contribution in [3.05, 3.63) is 58.2 Å². The lowest BCUT2D eigenvalue weighted by molar-refractivity contribution is -0.137. The monoisotopic (exact) mass is 410 g/mol. The Morgan fingerprint density at radius 1 is 0.815 bits per heavy atom. The van der Waals surface area contributed by atoms with Gasteiger partial charge in [-0.05, 0) is 42.5 Å². The average Bonchev–Trinajstić information content (AvgIpc) is 3.10. The first-order chi connectivity index (χ1) is 12.8. The lowest BCUT2D eigenvalue weighted by Gasteiger charge is -2.07. The summed E-state index contributed by atoms with van der Waals surface area (Å²) in [5, 5.41) is 8.23. The number of fused-ring (bicyclic) bond motifs is 1. The number of hydrogen-bond donors (Lipinski definition) is 0. The van der Waals surface area contributed by atoms with Crippen molar-refractivity contribution >= 4 is 34.2 Å². The molecular formula is C17H7Cl2F3N4O. The van der Waals surface area contributed by atoms with Crippen molar-refractivity contribution in [3.63, 3.8) is 0 Å². The highest BCUT2D eigenvalue weighted by atomic mass is 35.5. The zero-order valence-corrected chi connectivity index (χ0v) is 14.6. The number of nitrogens with zero attached hydrogens (tertiary/aromatic N) is 4. The third kappa shape index (κ3) is 3.45. The molecule has 2 heterocycles. The third-order valence-electron chi connectivity index (χ3n) is 3.67. The average molecular weight is 411 g/mol. The van der Waals surface area contributed by atoms with Gasteiger partial charge in [0.25, 0.3) is 5.89 Å². The molecule has 0 saturated heterocycles. The Labute approximate surface area is 159 Å². The molecule has 0 aliphatic heterocycles. The fraction of sp³-hybridized carbons (Fsp3) is 0.0588. The molecule has 0 bridgehead atoms. The standard InChI is InChI=1S/C17H7Cl2F3N4O/c18-10-4-1-8(2-5-10)15-25-26-16(27-15)13-14(19)24-12-7-9(17(20,21)22)3-6-11(12)23-13/h1-7H. The first-order valence-electron chi connectivity index (χ1n) is 7.45. The fourth-order valence-corrected chi connectivity index (χ4v) is 2.71. The van der Waals surface area contributed by atoms with Crippen molar-refractivity contribution in [3.8, 4) is 23.0 Å². The smallest absolute Gasteiger partial charge is 0.414 e. The summed E-state index contributed by atoms with van der Waals surface area (Å²) in [5.74, 6) is 0.214. The SMILES string of the molecule is FC(F)(F)c1ccc2nc(-c3nnc(-c4ccc(Cl)cc4)o3)c(Cl)nc2c1. The van der Waals surface area contributed by atoms with E-state index in [-0.39, 0.29) is 33.7 Å². The number of hydrogen-bond acceptors (Lipinski definition) is 5. The van der Waals surface area contributed by atoms with Crippen LogP contribution in [0.4, 0.5) is 13.2 Å². The molecule has 0 atom stereocenters. The fourth-order valence-electron chi connectivity index (χ4n) is 2.37. The highest BCUT2D eigenvalue weighted by Crippen LogP contribution is 2.33. The molecule has 4 aromatic rings. The number of alkyl halides is 3. The minimum Gasteiger partial charge on any atom is -0.414 e. The van der Waals surface area contributed by atoms with Crippen LogP contribution in [0.15, 0.2) is 46.9 Å². The molecule has 0 unspecified atom stereocenters. The van der Waals surface area contributed by atoms with E-state index in [1.807, 2.05) is 0 Å². The first kappa shape index (κ1) is 17.7. The van der Waals surface area contributed by atoms with Gasteiger partial charge in [-0.3, -0.25) is 0 Å². The van der Waals surface area contributed by atoms with Gasteiger partial charge in [0, 0.05) is 10.6 Å². The quantitative estimate of drug-likeness (QED) is 0.425. The molecule has 0 N–H and O–H groups in total. The Bertz CT molecular complexity index is 1140. The van der Waals surface area contributed by atoms with Crippen molar-refractivity contribution in [2.24, 2.45) is 0 Å². The van der Waals surface area contributed by atoms with E-state index in [0.717, 1.165) is 12.1 Å². The highest BCUT2D eigenvalue weighted by molar-refractivity contribution is 6.32. The molecule has 5 nitrogen and oxygen atoms in total. The van der Waals surface area contributed by atoms with Crippen LogP contribution in [0.5, 0.6) is 0 Å². The molecule has 136 valence electrons. The van der Waals surface area contributed by atoms with Crippen LogP contribution in [0.3, 0.4) is 0 Å². The Kier molecular flexibility index (Phi) is 4.24. The van der Waals surface area contributed by atoms with Crippen molar-refractivity contribution in [2.45, 2.75) is 6.18 Å². The Hall–Kier alpha value is -2.71. The van der Waals surface area contributed by atoms with Gasteiger partial charge in [0.1, 0.15) is 0 Å². The zero-order chi connectivity index (χ0) is 19.2. The molecule has 0 amide bonds. The highest BCUT2D eigenvalue weighted by Gasteiger charge is 2.31. The van der Waals surface area contributed by atoms with E-state index >= 15 is 0 Å². The van der Waals surface area contributed by atoms with Crippen LogP contribution in [-0.4, -0.2) is 20.2 Å². The van der Waals surface area contributed by atoms with E-state index < -0.39 is 11.7 Å². The summed E-state index contributed by atoms with van der Waals surface area (Å²) in [6.45, 7) is 0. The predicted molar refractivity (Wildman–Crippen MR) is 93.3 cm³/mol. The summed E-state index contributed by atoms with van der Waals surface area (Å²) in [4.78, 5) is 8.19. The van der Waals surface area contributed by atoms with Gasteiger partial charge in [0.05, 0.1) is 16.6 Å². The lowest BCUT2D eigenvalue weighted by Crippen LogP contribution is -2.05. The van der Waals surface area contributed by atoms with Gasteiger partial charge in [-0.25, -0.2) is 9.97 Å². The van der Waals surface area contributed by atoms with Gasteiger partial charge in [0.2, 0.25) is 5.89 Å². The van der Waals surface area contributed by atoms with Gasteiger partial charge in [0.15, 0.2) is 10.8 Å². The molecule has 0 aliphatic carbocycles. The van der Waals surface area contributed by atoms with Crippen LogP contribution < -0.4 is 0 Å². The molecule has 0 spiro atoms. The summed E-state index contributed by atoms with van der Waals surface area (Å²) >= 11 is 11.9. The van der Waals surface area contributed by atoms with E-state index in [1.54, 1.807) is 24.3 Å². The number of rotatable bonds is 2. The van der Waals surface area contributed by atoms with Crippen LogP contribution in [-0.2, 0) is 6.18 Å². The Morgan fingerprint density at radius 2 is 1.52 bits per heavy atom. The van der Waals surface area contributed by atoms with E-state index in [2.05, 4.69) is 20.2 Å². The van der Waals surface area contributed by atoms with E-state index in [1.165, 1.54) is 6.07 Å². The minimum atomic E-state index is -4.49. The molecule has 0 fully saturated rings. The van der Waals surface area contributed by atoms with Crippen LogP contribution in [0.2, 0.25) is 10.2 Å². The summed E-state index contributed by atoms with van der Waals surface area (Å²) in [6, 6.07) is 9.75. The van der Waals surface area contributed by atoms with Crippen LogP contribution in [0.1, 0.15) is 5.56 Å². The molecule has 0 radical (unpaired) electrons. The van der Waals surface area contributed by atoms with E-state index in [0.29, 0.717) is 10.6 Å². The van der Waals surface area contributed by atoms with Crippen LogP contribution >= 0.6 is 23.2 Å². The molecule has 0 saturated carbocycles. The summed E-state index contributed by atoms with van der Waals surface area (Å²) in [6.07, 6.45) is -4.49. The zero-order valence-electron chi connectivity index (χ0n) is 13.1. The van der Waals surface area contributed by atoms with Crippen molar-refractivity contribution in [1.29, 1.82) is 0 Å². The molecule has 4 rings (SSSR count). The Balaban J connectivity index is 1.76. The molecule has 27 heavy (non-hydrogen) atoms. The summed E-state index contributed by atoms with van der Waals surface area (Å²) in [5.41, 5.74) is 0.107. The first-order valence-corrected chi connectivity index (χ1v) is 8.21. The number of benzene rings is 2. The largest absolute Gasteiger partial charge is 0.416 e. The van der Waals surface area contributed by atoms with Gasteiger partial charge in [-0.1, -0.05) is 23.2 Å².